The van der Waals surface area contributed by atoms with E-state index in [2.05, 4.69) is 99.5 Å². The minimum Gasteiger partial charge on any atom is -0.298 e. The first-order valence-electron chi connectivity index (χ1n) is 11.2. The van der Waals surface area contributed by atoms with Crippen molar-refractivity contribution < 1.29 is 0 Å². The Bertz CT molecular complexity index is 1880. The van der Waals surface area contributed by atoms with E-state index in [1.165, 1.54) is 27.1 Å². The average Bonchev–Trinajstić information content (AvgIpc) is 3.34. The van der Waals surface area contributed by atoms with E-state index in [0.717, 1.165) is 38.8 Å². The van der Waals surface area contributed by atoms with Crippen LogP contribution in [0, 0.1) is 6.92 Å². The van der Waals surface area contributed by atoms with Gasteiger partial charge in [0.1, 0.15) is 6.33 Å². The van der Waals surface area contributed by atoms with Crippen LogP contribution in [0.1, 0.15) is 5.56 Å². The van der Waals surface area contributed by atoms with Gasteiger partial charge in [-0.25, -0.2) is 4.98 Å². The van der Waals surface area contributed by atoms with Crippen molar-refractivity contribution in [3.8, 4) is 16.8 Å². The van der Waals surface area contributed by atoms with Crippen LogP contribution in [0.25, 0.3) is 60.3 Å². The van der Waals surface area contributed by atoms with Gasteiger partial charge in [-0.15, -0.1) is 0 Å². The van der Waals surface area contributed by atoms with Crippen LogP contribution >= 0.6 is 0 Å². The topological polar surface area (TPSA) is 56.5 Å². The van der Waals surface area contributed by atoms with Crippen LogP contribution in [0.15, 0.2) is 97.7 Å². The van der Waals surface area contributed by atoms with E-state index >= 15 is 0 Å². The fourth-order valence-corrected chi connectivity index (χ4v) is 5.00. The van der Waals surface area contributed by atoms with E-state index in [9.17, 15) is 0 Å². The predicted octanol–water partition coefficient (Wildman–Crippen LogP) is 6.65. The molecule has 0 N–H and O–H groups in total. The lowest BCUT2D eigenvalue weighted by Crippen LogP contribution is -1.95. The molecule has 0 aliphatic rings. The second-order valence-electron chi connectivity index (χ2n) is 8.59. The first kappa shape index (κ1) is 18.9. The van der Waals surface area contributed by atoms with Crippen molar-refractivity contribution in [2.24, 2.45) is 0 Å². The number of hydrogen-bond acceptors (Lipinski definition) is 4. The molecule has 0 unspecified atom stereocenters. The smallest absolute Gasteiger partial charge is 0.100 e. The Balaban J connectivity index is 1.44. The van der Waals surface area contributed by atoms with E-state index in [-0.39, 0.29) is 0 Å². The molecule has 7 rings (SSSR count). The lowest BCUT2D eigenvalue weighted by Gasteiger charge is -2.13. The molecule has 0 aliphatic carbocycles. The molecule has 5 heteroatoms. The van der Waals surface area contributed by atoms with Crippen LogP contribution in [0.3, 0.4) is 0 Å². The second kappa shape index (κ2) is 7.18. The summed E-state index contributed by atoms with van der Waals surface area (Å²) in [4.78, 5) is 9.42. The van der Waals surface area contributed by atoms with Crippen molar-refractivity contribution in [3.63, 3.8) is 0 Å². The summed E-state index contributed by atoms with van der Waals surface area (Å²) < 4.78 is 2.20. The van der Waals surface area contributed by atoms with E-state index < -0.39 is 0 Å². The summed E-state index contributed by atoms with van der Waals surface area (Å²) in [6, 6.07) is 25.7. The van der Waals surface area contributed by atoms with Crippen LogP contribution in [0.2, 0.25) is 0 Å². The molecule has 0 bridgehead atoms. The van der Waals surface area contributed by atoms with Crippen molar-refractivity contribution in [3.05, 3.63) is 103 Å². The molecule has 34 heavy (non-hydrogen) atoms. The molecular formula is C29H19N5. The number of hydrogen-bond donors (Lipinski definition) is 0. The van der Waals surface area contributed by atoms with E-state index in [4.69, 9.17) is 4.98 Å². The molecule has 0 aliphatic heterocycles. The van der Waals surface area contributed by atoms with Gasteiger partial charge >= 0.3 is 0 Å². The van der Waals surface area contributed by atoms with Gasteiger partial charge in [-0.2, -0.15) is 10.2 Å². The molecule has 5 nitrogen and oxygen atoms in total. The minimum atomic E-state index is 0.844. The van der Waals surface area contributed by atoms with Crippen LogP contribution < -0.4 is 0 Å². The molecule has 160 valence electrons. The van der Waals surface area contributed by atoms with Gasteiger partial charge in [-0.05, 0) is 47.0 Å². The van der Waals surface area contributed by atoms with Crippen LogP contribution in [0.5, 0.6) is 0 Å². The fourth-order valence-electron chi connectivity index (χ4n) is 5.00. The van der Waals surface area contributed by atoms with Gasteiger partial charge < -0.3 is 0 Å². The summed E-state index contributed by atoms with van der Waals surface area (Å²) in [5, 5.41) is 13.7. The Morgan fingerprint density at radius 2 is 1.41 bits per heavy atom. The molecule has 3 heterocycles. The highest BCUT2D eigenvalue weighted by Gasteiger charge is 2.15. The van der Waals surface area contributed by atoms with Crippen molar-refractivity contribution in [2.75, 3.05) is 0 Å². The number of pyridine rings is 1. The number of aromatic nitrogens is 5. The molecule has 0 fully saturated rings. The van der Waals surface area contributed by atoms with Crippen LogP contribution in [-0.2, 0) is 0 Å². The van der Waals surface area contributed by atoms with Crippen LogP contribution in [-0.4, -0.2) is 24.7 Å². The number of benzene rings is 4. The van der Waals surface area contributed by atoms with E-state index in [0.29, 0.717) is 0 Å². The molecule has 0 radical (unpaired) electrons. The minimum absolute atomic E-state index is 0.844. The first-order chi connectivity index (χ1) is 16.8. The van der Waals surface area contributed by atoms with E-state index in [1.54, 1.807) is 12.4 Å². The van der Waals surface area contributed by atoms with Gasteiger partial charge in [0.05, 0.1) is 28.9 Å². The van der Waals surface area contributed by atoms with Gasteiger partial charge in [0.25, 0.3) is 0 Å². The zero-order valence-electron chi connectivity index (χ0n) is 18.5. The SMILES string of the molecule is Cc1cc(-n2cnc3c4ccccc4c4ccccc4c32)ccc1-c1cnc2cnncc2c1. The van der Waals surface area contributed by atoms with Crippen molar-refractivity contribution in [1.82, 2.24) is 24.7 Å². The van der Waals surface area contributed by atoms with Gasteiger partial charge in [0, 0.05) is 33.6 Å². The molecule has 0 amide bonds. The molecule has 0 saturated carbocycles. The molecule has 3 aromatic heterocycles. The Kier molecular flexibility index (Phi) is 3.99. The highest BCUT2D eigenvalue weighted by atomic mass is 15.1. The number of imidazole rings is 1. The number of aryl methyl sites for hydroxylation is 1. The van der Waals surface area contributed by atoms with Crippen molar-refractivity contribution >= 4 is 43.5 Å². The molecule has 0 saturated heterocycles. The highest BCUT2D eigenvalue weighted by molar-refractivity contribution is 6.23. The number of rotatable bonds is 2. The largest absolute Gasteiger partial charge is 0.298 e. The van der Waals surface area contributed by atoms with Crippen molar-refractivity contribution in [2.45, 2.75) is 6.92 Å². The standard InChI is InChI=1S/C29H19N5/c1-18-12-21(10-11-22(18)19-13-20-15-32-33-16-27(20)30-14-19)34-17-31-28-25-8-4-2-6-23(25)24-7-3-5-9-26(24)29(28)34/h2-17H,1H3. The fraction of sp³-hybridized carbons (Fsp3) is 0.0345. The molecule has 0 spiro atoms. The third-order valence-corrected chi connectivity index (χ3v) is 6.61. The van der Waals surface area contributed by atoms with Crippen LogP contribution in [0.4, 0.5) is 0 Å². The Morgan fingerprint density at radius 3 is 2.24 bits per heavy atom. The zero-order valence-corrected chi connectivity index (χ0v) is 18.5. The highest BCUT2D eigenvalue weighted by Crippen LogP contribution is 2.36. The van der Waals surface area contributed by atoms with E-state index in [1.807, 2.05) is 12.5 Å². The molecule has 7 aromatic rings. The van der Waals surface area contributed by atoms with Gasteiger partial charge in [-0.3, -0.25) is 9.55 Å². The Labute approximate surface area is 195 Å². The summed E-state index contributed by atoms with van der Waals surface area (Å²) in [7, 11) is 0. The summed E-state index contributed by atoms with van der Waals surface area (Å²) >= 11 is 0. The third kappa shape index (κ3) is 2.74. The summed E-state index contributed by atoms with van der Waals surface area (Å²) in [5.41, 5.74) is 7.47. The average molecular weight is 438 g/mol. The normalized spacial score (nSPS) is 11.7. The number of nitrogens with zero attached hydrogens (tertiary/aromatic N) is 5. The molecule has 4 aromatic carbocycles. The Hall–Kier alpha value is -4.64. The van der Waals surface area contributed by atoms with Crippen molar-refractivity contribution in [1.29, 1.82) is 0 Å². The molecule has 0 atom stereocenters. The lowest BCUT2D eigenvalue weighted by molar-refractivity contribution is 1.04. The number of fused-ring (bicyclic) bond motifs is 7. The Morgan fingerprint density at radius 1 is 0.676 bits per heavy atom. The summed E-state index contributed by atoms with van der Waals surface area (Å²) in [6.45, 7) is 2.14. The third-order valence-electron chi connectivity index (χ3n) is 6.61. The lowest BCUT2D eigenvalue weighted by atomic mass is 9.99. The summed E-state index contributed by atoms with van der Waals surface area (Å²) in [6.07, 6.45) is 7.28. The quantitative estimate of drug-likeness (QED) is 0.284. The monoisotopic (exact) mass is 437 g/mol. The maximum absolute atomic E-state index is 4.86. The first-order valence-corrected chi connectivity index (χ1v) is 11.2. The summed E-state index contributed by atoms with van der Waals surface area (Å²) in [5.74, 6) is 0. The second-order valence-corrected chi connectivity index (χ2v) is 8.59. The zero-order chi connectivity index (χ0) is 22.6. The molecular weight excluding hydrogens is 418 g/mol. The van der Waals surface area contributed by atoms with Gasteiger partial charge in [0.2, 0.25) is 0 Å². The maximum Gasteiger partial charge on any atom is 0.100 e. The predicted molar refractivity (Wildman–Crippen MR) is 137 cm³/mol. The van der Waals surface area contributed by atoms with Gasteiger partial charge in [0.15, 0.2) is 0 Å². The van der Waals surface area contributed by atoms with Gasteiger partial charge in [-0.1, -0.05) is 54.6 Å². The maximum atomic E-state index is 4.86.